The van der Waals surface area contributed by atoms with Crippen molar-refractivity contribution in [2.75, 3.05) is 39.8 Å². The molecular formula is C28H29ClN4O5. The van der Waals surface area contributed by atoms with Crippen LogP contribution in [0.3, 0.4) is 0 Å². The summed E-state index contributed by atoms with van der Waals surface area (Å²) in [5.74, 6) is 1.63. The van der Waals surface area contributed by atoms with Gasteiger partial charge in [-0.05, 0) is 61.5 Å². The Labute approximate surface area is 225 Å². The van der Waals surface area contributed by atoms with E-state index < -0.39 is 6.04 Å². The first kappa shape index (κ1) is 27.0. The maximum atomic E-state index is 13.8. The van der Waals surface area contributed by atoms with Crippen LogP contribution in [0.1, 0.15) is 18.8 Å². The minimum atomic E-state index is -0.631. The van der Waals surface area contributed by atoms with Crippen molar-refractivity contribution in [3.8, 4) is 17.2 Å². The van der Waals surface area contributed by atoms with Crippen LogP contribution in [0.15, 0.2) is 71.5 Å². The second kappa shape index (κ2) is 12.0. The number of hydrogen-bond donors (Lipinski definition) is 1. The summed E-state index contributed by atoms with van der Waals surface area (Å²) in [7, 11) is 4.70. The van der Waals surface area contributed by atoms with Crippen molar-refractivity contribution in [2.24, 2.45) is 0 Å². The number of nitrogens with zero attached hydrogens (tertiary/aromatic N) is 3. The molecule has 0 saturated carbocycles. The monoisotopic (exact) mass is 536 g/mol. The van der Waals surface area contributed by atoms with Crippen LogP contribution in [0.4, 0.5) is 10.5 Å². The van der Waals surface area contributed by atoms with Gasteiger partial charge in [-0.25, -0.2) is 9.78 Å². The first-order valence-electron chi connectivity index (χ1n) is 11.9. The Morgan fingerprint density at radius 2 is 1.76 bits per heavy atom. The number of benzene rings is 3. The minimum Gasteiger partial charge on any atom is -0.497 e. The summed E-state index contributed by atoms with van der Waals surface area (Å²) >= 11 is 6.23. The summed E-state index contributed by atoms with van der Waals surface area (Å²) in [6.07, 6.45) is 0. The molecule has 10 heteroatoms. The first-order chi connectivity index (χ1) is 18.4. The Bertz CT molecular complexity index is 1490. The average molecular weight is 537 g/mol. The summed E-state index contributed by atoms with van der Waals surface area (Å²) in [6, 6.07) is 18.1. The molecule has 0 aliphatic heterocycles. The van der Waals surface area contributed by atoms with Crippen LogP contribution in [-0.4, -0.2) is 55.0 Å². The van der Waals surface area contributed by atoms with Gasteiger partial charge in [0.15, 0.2) is 0 Å². The highest BCUT2D eigenvalue weighted by Gasteiger charge is 2.27. The molecule has 1 N–H and O–H groups in total. The maximum Gasteiger partial charge on any atom is 0.322 e. The van der Waals surface area contributed by atoms with Gasteiger partial charge in [-0.3, -0.25) is 9.36 Å². The lowest BCUT2D eigenvalue weighted by molar-refractivity contribution is 0.137. The van der Waals surface area contributed by atoms with Gasteiger partial charge in [0, 0.05) is 30.4 Å². The second-order valence-electron chi connectivity index (χ2n) is 8.49. The smallest absolute Gasteiger partial charge is 0.322 e. The van der Waals surface area contributed by atoms with Crippen LogP contribution in [0.25, 0.3) is 16.6 Å². The van der Waals surface area contributed by atoms with Crippen molar-refractivity contribution in [3.63, 3.8) is 0 Å². The highest BCUT2D eigenvalue weighted by molar-refractivity contribution is 6.31. The zero-order valence-corrected chi connectivity index (χ0v) is 22.4. The molecule has 4 rings (SSSR count). The molecule has 0 aliphatic rings. The number of carbonyl (C=O) groups is 1. The van der Waals surface area contributed by atoms with Crippen molar-refractivity contribution < 1.29 is 19.0 Å². The lowest BCUT2D eigenvalue weighted by Gasteiger charge is -2.30. The molecule has 2 amide bonds. The molecule has 3 aromatic carbocycles. The predicted molar refractivity (Wildman–Crippen MR) is 148 cm³/mol. The number of aromatic nitrogens is 2. The van der Waals surface area contributed by atoms with Crippen LogP contribution in [0, 0.1) is 0 Å². The lowest BCUT2D eigenvalue weighted by Crippen LogP contribution is -2.41. The number of hydrogen-bond acceptors (Lipinski definition) is 6. The third-order valence-electron chi connectivity index (χ3n) is 6.15. The van der Waals surface area contributed by atoms with Crippen LogP contribution in [0.5, 0.6) is 11.5 Å². The van der Waals surface area contributed by atoms with Crippen LogP contribution in [-0.2, 0) is 4.74 Å². The number of halogens is 1. The molecule has 0 radical (unpaired) electrons. The molecule has 38 heavy (non-hydrogen) atoms. The number of ether oxygens (including phenoxy) is 3. The van der Waals surface area contributed by atoms with Crippen LogP contribution < -0.4 is 20.3 Å². The summed E-state index contributed by atoms with van der Waals surface area (Å²) in [5.41, 5.74) is 1.31. The SMILES string of the molecule is COCCN(C(=O)Nc1cccc(OC)c1)C(C)c1nc2cc(Cl)ccc2c(=O)n1-c1ccc(OC)cc1. The molecule has 9 nitrogen and oxygen atoms in total. The summed E-state index contributed by atoms with van der Waals surface area (Å²) in [6.45, 7) is 2.35. The molecule has 0 saturated heterocycles. The van der Waals surface area contributed by atoms with E-state index in [0.717, 1.165) is 0 Å². The van der Waals surface area contributed by atoms with Crippen LogP contribution in [0.2, 0.25) is 5.02 Å². The van der Waals surface area contributed by atoms with E-state index in [9.17, 15) is 9.59 Å². The third-order valence-corrected chi connectivity index (χ3v) is 6.38. The fraction of sp³-hybridized carbons (Fsp3) is 0.250. The van der Waals surface area contributed by atoms with Gasteiger partial charge in [0.1, 0.15) is 17.3 Å². The summed E-state index contributed by atoms with van der Waals surface area (Å²) < 4.78 is 17.3. The van der Waals surface area contributed by atoms with E-state index in [4.69, 9.17) is 30.8 Å². The number of urea groups is 1. The minimum absolute atomic E-state index is 0.250. The number of methoxy groups -OCH3 is 3. The highest BCUT2D eigenvalue weighted by atomic mass is 35.5. The van der Waals surface area contributed by atoms with Gasteiger partial charge in [-0.1, -0.05) is 17.7 Å². The molecular weight excluding hydrogens is 508 g/mol. The summed E-state index contributed by atoms with van der Waals surface area (Å²) in [4.78, 5) is 33.7. The van der Waals surface area contributed by atoms with Crippen molar-refractivity contribution in [1.29, 1.82) is 0 Å². The van der Waals surface area contributed by atoms with E-state index in [0.29, 0.717) is 44.6 Å². The molecule has 0 fully saturated rings. The first-order valence-corrected chi connectivity index (χ1v) is 12.3. The van der Waals surface area contributed by atoms with Gasteiger partial charge in [-0.15, -0.1) is 0 Å². The number of rotatable bonds is 9. The molecule has 1 aromatic heterocycles. The van der Waals surface area contributed by atoms with Gasteiger partial charge >= 0.3 is 6.03 Å². The number of carbonyl (C=O) groups excluding carboxylic acids is 1. The summed E-state index contributed by atoms with van der Waals surface area (Å²) in [5, 5.41) is 3.77. The lowest BCUT2D eigenvalue weighted by atomic mass is 10.2. The van der Waals surface area contributed by atoms with Gasteiger partial charge in [0.05, 0.1) is 43.5 Å². The molecule has 198 valence electrons. The standard InChI is InChI=1S/C28H29ClN4O5/c1-18(32(14-15-36-2)28(35)30-20-6-5-7-23(17-20)38-4)26-31-25-16-19(29)8-13-24(25)27(34)33(26)21-9-11-22(37-3)12-10-21/h5-13,16-18H,14-15H2,1-4H3,(H,30,35). The van der Waals surface area contributed by atoms with E-state index in [1.807, 2.05) is 6.92 Å². The van der Waals surface area contributed by atoms with Gasteiger partial charge in [0.25, 0.3) is 5.56 Å². The molecule has 0 spiro atoms. The van der Waals surface area contributed by atoms with E-state index in [1.165, 1.54) is 4.57 Å². The molecule has 1 heterocycles. The average Bonchev–Trinajstić information content (AvgIpc) is 2.93. The number of nitrogens with one attached hydrogen (secondary N) is 1. The largest absolute Gasteiger partial charge is 0.497 e. The normalized spacial score (nSPS) is 11.7. The van der Waals surface area contributed by atoms with Crippen molar-refractivity contribution in [1.82, 2.24) is 14.5 Å². The quantitative estimate of drug-likeness (QED) is 0.312. The zero-order chi connectivity index (χ0) is 27.2. The number of fused-ring (bicyclic) bond motifs is 1. The Morgan fingerprint density at radius 1 is 1.03 bits per heavy atom. The van der Waals surface area contributed by atoms with E-state index >= 15 is 0 Å². The van der Waals surface area contributed by atoms with E-state index in [-0.39, 0.29) is 24.7 Å². The Hall–Kier alpha value is -4.08. The molecule has 1 atom stereocenters. The van der Waals surface area contributed by atoms with Crippen molar-refractivity contribution >= 4 is 34.2 Å². The van der Waals surface area contributed by atoms with Gasteiger partial charge < -0.3 is 24.4 Å². The van der Waals surface area contributed by atoms with E-state index in [2.05, 4.69) is 5.32 Å². The Kier molecular flexibility index (Phi) is 8.50. The third kappa shape index (κ3) is 5.74. The maximum absolute atomic E-state index is 13.8. The number of amides is 2. The topological polar surface area (TPSA) is 94.9 Å². The second-order valence-corrected chi connectivity index (χ2v) is 8.93. The molecule has 4 aromatic rings. The number of anilines is 1. The molecule has 0 aliphatic carbocycles. The Morgan fingerprint density at radius 3 is 2.45 bits per heavy atom. The fourth-order valence-corrected chi connectivity index (χ4v) is 4.30. The zero-order valence-electron chi connectivity index (χ0n) is 21.6. The molecule has 0 bridgehead atoms. The highest BCUT2D eigenvalue weighted by Crippen LogP contribution is 2.26. The van der Waals surface area contributed by atoms with Crippen LogP contribution >= 0.6 is 11.6 Å². The Balaban J connectivity index is 1.83. The van der Waals surface area contributed by atoms with Crippen molar-refractivity contribution in [3.05, 3.63) is 87.9 Å². The predicted octanol–water partition coefficient (Wildman–Crippen LogP) is 5.30. The van der Waals surface area contributed by atoms with E-state index in [1.54, 1.807) is 93.0 Å². The van der Waals surface area contributed by atoms with Gasteiger partial charge in [0.2, 0.25) is 0 Å². The molecule has 1 unspecified atom stereocenters. The fourth-order valence-electron chi connectivity index (χ4n) is 4.13. The van der Waals surface area contributed by atoms with Crippen molar-refractivity contribution in [2.45, 2.75) is 13.0 Å². The van der Waals surface area contributed by atoms with Gasteiger partial charge in [-0.2, -0.15) is 0 Å².